The highest BCUT2D eigenvalue weighted by molar-refractivity contribution is 5.85. The van der Waals surface area contributed by atoms with Crippen molar-refractivity contribution in [2.24, 2.45) is 5.73 Å². The van der Waals surface area contributed by atoms with Gasteiger partial charge in [-0.2, -0.15) is 0 Å². The molecule has 3 rings (SSSR count). The van der Waals surface area contributed by atoms with E-state index in [1.807, 2.05) is 22.8 Å². The second kappa shape index (κ2) is 7.52. The van der Waals surface area contributed by atoms with Crippen molar-refractivity contribution in [3.63, 3.8) is 0 Å². The number of nitrogens with zero attached hydrogens (tertiary/aromatic N) is 3. The van der Waals surface area contributed by atoms with Crippen LogP contribution >= 0.6 is 0 Å². The first-order chi connectivity index (χ1) is 11.7. The molecule has 126 valence electrons. The average molecular weight is 324 g/mol. The highest BCUT2D eigenvalue weighted by Gasteiger charge is 2.18. The molecule has 1 aliphatic rings. The number of fused-ring (bicyclic) bond motifs is 1. The minimum absolute atomic E-state index is 0.223. The molecule has 2 heterocycles. The van der Waals surface area contributed by atoms with E-state index in [0.29, 0.717) is 0 Å². The van der Waals surface area contributed by atoms with Crippen molar-refractivity contribution in [1.82, 2.24) is 14.4 Å². The zero-order valence-corrected chi connectivity index (χ0v) is 13.9. The number of benzene rings is 1. The lowest BCUT2D eigenvalue weighted by Gasteiger charge is -2.34. The number of carbonyl (C=O) groups excluding carboxylic acids is 1. The van der Waals surface area contributed by atoms with E-state index in [1.165, 1.54) is 10.9 Å². The maximum Gasteiger partial charge on any atom is 0.237 e. The molecule has 1 aromatic carbocycles. The summed E-state index contributed by atoms with van der Waals surface area (Å²) in [5.74, 6) is 2.39. The quantitative estimate of drug-likeness (QED) is 0.814. The van der Waals surface area contributed by atoms with Crippen molar-refractivity contribution in [2.75, 3.05) is 32.7 Å². The van der Waals surface area contributed by atoms with Gasteiger partial charge in [-0.3, -0.25) is 14.6 Å². The Balaban J connectivity index is 1.70. The molecule has 0 unspecified atom stereocenters. The van der Waals surface area contributed by atoms with Crippen molar-refractivity contribution >= 4 is 16.8 Å². The Bertz CT molecular complexity index is 750. The van der Waals surface area contributed by atoms with E-state index in [1.54, 1.807) is 0 Å². The van der Waals surface area contributed by atoms with Gasteiger partial charge in [-0.25, -0.2) is 0 Å². The molecule has 5 heteroatoms. The van der Waals surface area contributed by atoms with Gasteiger partial charge in [-0.1, -0.05) is 18.2 Å². The zero-order valence-electron chi connectivity index (χ0n) is 13.9. The third kappa shape index (κ3) is 3.78. The number of terminal acetylenes is 1. The number of para-hydroxylation sites is 1. The predicted octanol–water partition coefficient (Wildman–Crippen LogP) is 1.27. The molecule has 1 aliphatic heterocycles. The third-order valence-electron chi connectivity index (χ3n) is 4.63. The van der Waals surface area contributed by atoms with Gasteiger partial charge in [0.2, 0.25) is 5.91 Å². The van der Waals surface area contributed by atoms with E-state index in [-0.39, 0.29) is 12.5 Å². The molecule has 24 heavy (non-hydrogen) atoms. The van der Waals surface area contributed by atoms with Gasteiger partial charge in [-0.05, 0) is 11.6 Å². The van der Waals surface area contributed by atoms with Gasteiger partial charge in [0.05, 0.1) is 0 Å². The first kappa shape index (κ1) is 16.6. The average Bonchev–Trinajstić information content (AvgIpc) is 2.91. The van der Waals surface area contributed by atoms with E-state index in [9.17, 15) is 4.79 Å². The topological polar surface area (TPSA) is 54.5 Å². The van der Waals surface area contributed by atoms with E-state index in [0.717, 1.165) is 51.2 Å². The van der Waals surface area contributed by atoms with Crippen LogP contribution in [0.4, 0.5) is 0 Å². The van der Waals surface area contributed by atoms with E-state index in [2.05, 4.69) is 28.0 Å². The molecular weight excluding hydrogens is 300 g/mol. The monoisotopic (exact) mass is 324 g/mol. The largest absolute Gasteiger partial charge is 0.368 e. The second-order valence-electron chi connectivity index (χ2n) is 6.34. The first-order valence-electron chi connectivity index (χ1n) is 8.40. The number of rotatable bonds is 6. The van der Waals surface area contributed by atoms with Gasteiger partial charge in [0, 0.05) is 62.8 Å². The van der Waals surface area contributed by atoms with Crippen molar-refractivity contribution in [2.45, 2.75) is 19.5 Å². The van der Waals surface area contributed by atoms with Crippen LogP contribution in [-0.4, -0.2) is 53.0 Å². The van der Waals surface area contributed by atoms with Crippen LogP contribution in [0, 0.1) is 12.3 Å². The normalized spacial score (nSPS) is 16.3. The maximum atomic E-state index is 11.3. The summed E-state index contributed by atoms with van der Waals surface area (Å²) in [6, 6.07) is 8.19. The molecule has 2 N–H and O–H groups in total. The third-order valence-corrected chi connectivity index (χ3v) is 4.63. The molecule has 0 radical (unpaired) electrons. The summed E-state index contributed by atoms with van der Waals surface area (Å²) >= 11 is 0. The number of nitrogens with two attached hydrogens (primary N) is 1. The van der Waals surface area contributed by atoms with Gasteiger partial charge in [0.25, 0.3) is 0 Å². The van der Waals surface area contributed by atoms with Crippen LogP contribution in [0.5, 0.6) is 0 Å². The van der Waals surface area contributed by atoms with Crippen LogP contribution in [-0.2, 0) is 17.9 Å². The lowest BCUT2D eigenvalue weighted by atomic mass is 10.1. The van der Waals surface area contributed by atoms with Crippen LogP contribution in [0.2, 0.25) is 0 Å². The van der Waals surface area contributed by atoms with Crippen molar-refractivity contribution in [1.29, 1.82) is 0 Å². The zero-order chi connectivity index (χ0) is 16.9. The number of piperazine rings is 1. The molecule has 1 amide bonds. The van der Waals surface area contributed by atoms with E-state index in [4.69, 9.17) is 12.2 Å². The van der Waals surface area contributed by atoms with Gasteiger partial charge in [0.15, 0.2) is 0 Å². The standard InChI is InChI=1S/C19H24N4O/c1-2-3-8-21-9-11-22(12-10-21)13-16-14-23(15-19(20)24)18-7-5-4-6-17(16)18/h1,4-7,14H,3,8-13,15H2,(H2,20,24). The maximum absolute atomic E-state index is 11.3. The number of hydrogen-bond acceptors (Lipinski definition) is 3. The Kier molecular flexibility index (Phi) is 5.19. The van der Waals surface area contributed by atoms with Gasteiger partial charge in [-0.15, -0.1) is 12.3 Å². The van der Waals surface area contributed by atoms with Crippen LogP contribution in [0.15, 0.2) is 30.5 Å². The number of carbonyl (C=O) groups is 1. The predicted molar refractivity (Wildman–Crippen MR) is 96.3 cm³/mol. The molecule has 0 bridgehead atoms. The molecule has 0 spiro atoms. The summed E-state index contributed by atoms with van der Waals surface area (Å²) < 4.78 is 1.95. The molecule has 0 atom stereocenters. The number of hydrogen-bond donors (Lipinski definition) is 1. The molecule has 2 aromatic rings. The van der Waals surface area contributed by atoms with Crippen molar-refractivity contribution in [3.8, 4) is 12.3 Å². The Morgan fingerprint density at radius 1 is 1.17 bits per heavy atom. The van der Waals surface area contributed by atoms with Crippen LogP contribution in [0.3, 0.4) is 0 Å². The Hall–Kier alpha value is -2.29. The van der Waals surface area contributed by atoms with Gasteiger partial charge in [0.1, 0.15) is 6.54 Å². The van der Waals surface area contributed by atoms with Crippen LogP contribution in [0.1, 0.15) is 12.0 Å². The summed E-state index contributed by atoms with van der Waals surface area (Å²) in [6.07, 6.45) is 8.23. The van der Waals surface area contributed by atoms with Crippen LogP contribution in [0.25, 0.3) is 10.9 Å². The lowest BCUT2D eigenvalue weighted by molar-refractivity contribution is -0.118. The highest BCUT2D eigenvalue weighted by Crippen LogP contribution is 2.23. The molecule has 0 saturated carbocycles. The molecule has 1 aromatic heterocycles. The first-order valence-corrected chi connectivity index (χ1v) is 8.40. The van der Waals surface area contributed by atoms with E-state index >= 15 is 0 Å². The van der Waals surface area contributed by atoms with Crippen molar-refractivity contribution in [3.05, 3.63) is 36.0 Å². The Morgan fingerprint density at radius 3 is 2.58 bits per heavy atom. The molecule has 0 aliphatic carbocycles. The summed E-state index contributed by atoms with van der Waals surface area (Å²) in [5.41, 5.74) is 7.70. The van der Waals surface area contributed by atoms with Crippen molar-refractivity contribution < 1.29 is 4.79 Å². The molecular formula is C19H24N4O. The number of amides is 1. The molecule has 1 fully saturated rings. The fourth-order valence-corrected chi connectivity index (χ4v) is 3.38. The fraction of sp³-hybridized carbons (Fsp3) is 0.421. The molecule has 1 saturated heterocycles. The Morgan fingerprint density at radius 2 is 1.88 bits per heavy atom. The SMILES string of the molecule is C#CCCN1CCN(Cc2cn(CC(N)=O)c3ccccc23)CC1. The van der Waals surface area contributed by atoms with E-state index < -0.39 is 0 Å². The second-order valence-corrected chi connectivity index (χ2v) is 6.34. The summed E-state index contributed by atoms with van der Waals surface area (Å²) in [5, 5.41) is 1.20. The summed E-state index contributed by atoms with van der Waals surface area (Å²) in [6.45, 7) is 6.31. The summed E-state index contributed by atoms with van der Waals surface area (Å²) in [4.78, 5) is 16.2. The van der Waals surface area contributed by atoms with Gasteiger partial charge < -0.3 is 10.3 Å². The lowest BCUT2D eigenvalue weighted by Crippen LogP contribution is -2.46. The minimum atomic E-state index is -0.315. The minimum Gasteiger partial charge on any atom is -0.368 e. The summed E-state index contributed by atoms with van der Waals surface area (Å²) in [7, 11) is 0. The fourth-order valence-electron chi connectivity index (χ4n) is 3.38. The smallest absolute Gasteiger partial charge is 0.237 e. The number of primary amides is 1. The van der Waals surface area contributed by atoms with Crippen LogP contribution < -0.4 is 5.73 Å². The number of aromatic nitrogens is 1. The highest BCUT2D eigenvalue weighted by atomic mass is 16.1. The Labute approximate surface area is 143 Å². The molecule has 5 nitrogen and oxygen atoms in total. The van der Waals surface area contributed by atoms with Gasteiger partial charge >= 0.3 is 0 Å².